The molecule has 3 rings (SSSR count). The van der Waals surface area contributed by atoms with Crippen molar-refractivity contribution in [2.45, 2.75) is 18.9 Å². The van der Waals surface area contributed by atoms with Crippen molar-refractivity contribution in [3.63, 3.8) is 0 Å². The van der Waals surface area contributed by atoms with Crippen molar-refractivity contribution in [1.29, 1.82) is 0 Å². The van der Waals surface area contributed by atoms with E-state index in [0.29, 0.717) is 23.8 Å². The van der Waals surface area contributed by atoms with Crippen LogP contribution in [0.3, 0.4) is 0 Å². The van der Waals surface area contributed by atoms with Gasteiger partial charge in [0.15, 0.2) is 17.3 Å². The molecule has 1 aliphatic heterocycles. The zero-order valence-corrected chi connectivity index (χ0v) is 13.3. The molecule has 1 amide bonds. The summed E-state index contributed by atoms with van der Waals surface area (Å²) in [4.78, 5) is 24.4. The fraction of sp³-hybridized carbons (Fsp3) is 0.294. The summed E-state index contributed by atoms with van der Waals surface area (Å²) in [5.74, 6) is 1.25. The number of rotatable bonds is 6. The minimum atomic E-state index is -0.221. The smallest absolute Gasteiger partial charge is 0.220 e. The van der Waals surface area contributed by atoms with Crippen LogP contribution in [-0.2, 0) is 4.79 Å². The van der Waals surface area contributed by atoms with Gasteiger partial charge in [0, 0.05) is 12.8 Å². The number of carbonyl (C=O) groups excluding carboxylic acids is 2. The molecule has 1 aromatic heterocycles. The minimum Gasteiger partial charge on any atom is -0.486 e. The topological polar surface area (TPSA) is 64.6 Å². The number of nitrogens with one attached hydrogen (secondary N) is 1. The molecule has 0 aliphatic carbocycles. The Bertz CT molecular complexity index is 684. The Hall–Kier alpha value is -2.34. The summed E-state index contributed by atoms with van der Waals surface area (Å²) in [5, 5.41) is 4.64. The van der Waals surface area contributed by atoms with E-state index in [1.165, 1.54) is 11.3 Å². The first-order valence-corrected chi connectivity index (χ1v) is 8.32. The first kappa shape index (κ1) is 15.6. The Morgan fingerprint density at radius 1 is 1.13 bits per heavy atom. The Morgan fingerprint density at radius 2 is 1.96 bits per heavy atom. The van der Waals surface area contributed by atoms with E-state index in [1.807, 2.05) is 35.7 Å². The van der Waals surface area contributed by atoms with E-state index in [-0.39, 0.29) is 30.6 Å². The maximum atomic E-state index is 11.8. The summed E-state index contributed by atoms with van der Waals surface area (Å²) >= 11 is 1.39. The number of fused-ring (bicyclic) bond motifs is 1. The van der Waals surface area contributed by atoms with E-state index < -0.39 is 0 Å². The first-order chi connectivity index (χ1) is 11.2. The highest BCUT2D eigenvalue weighted by Crippen LogP contribution is 2.30. The average Bonchev–Trinajstić information content (AvgIpc) is 3.12. The number of hydrogen-bond donors (Lipinski definition) is 1. The van der Waals surface area contributed by atoms with Crippen LogP contribution in [0.1, 0.15) is 22.5 Å². The summed E-state index contributed by atoms with van der Waals surface area (Å²) in [6, 6.07) is 11.0. The lowest BCUT2D eigenvalue weighted by atomic mass is 10.2. The van der Waals surface area contributed by atoms with Crippen LogP contribution >= 0.6 is 11.3 Å². The van der Waals surface area contributed by atoms with Gasteiger partial charge in [0.2, 0.25) is 5.91 Å². The molecule has 120 valence electrons. The van der Waals surface area contributed by atoms with E-state index >= 15 is 0 Å². The first-order valence-electron chi connectivity index (χ1n) is 7.44. The molecule has 5 nitrogen and oxygen atoms in total. The van der Waals surface area contributed by atoms with Gasteiger partial charge in [-0.15, -0.1) is 11.3 Å². The van der Waals surface area contributed by atoms with Crippen LogP contribution in [-0.4, -0.2) is 30.9 Å². The summed E-state index contributed by atoms with van der Waals surface area (Å²) in [5.41, 5.74) is 0. The molecule has 1 atom stereocenters. The molecule has 0 spiro atoms. The summed E-state index contributed by atoms with van der Waals surface area (Å²) in [6.45, 7) is 0.756. The van der Waals surface area contributed by atoms with Crippen molar-refractivity contribution in [2.75, 3.05) is 13.2 Å². The highest BCUT2D eigenvalue weighted by molar-refractivity contribution is 7.12. The SMILES string of the molecule is O=C(CCC(=O)c1cccs1)NCC1COc2ccccc2O1. The van der Waals surface area contributed by atoms with Gasteiger partial charge in [-0.2, -0.15) is 0 Å². The van der Waals surface area contributed by atoms with E-state index in [0.717, 1.165) is 5.75 Å². The van der Waals surface area contributed by atoms with Gasteiger partial charge in [-0.05, 0) is 23.6 Å². The summed E-state index contributed by atoms with van der Waals surface area (Å²) < 4.78 is 11.3. The highest BCUT2D eigenvalue weighted by Gasteiger charge is 2.21. The average molecular weight is 331 g/mol. The molecular weight excluding hydrogens is 314 g/mol. The molecule has 1 unspecified atom stereocenters. The maximum Gasteiger partial charge on any atom is 0.220 e. The number of Topliss-reactive ketones (excluding diaryl/α,β-unsaturated/α-hetero) is 1. The second-order valence-electron chi connectivity index (χ2n) is 5.20. The van der Waals surface area contributed by atoms with Crippen molar-refractivity contribution in [1.82, 2.24) is 5.32 Å². The highest BCUT2D eigenvalue weighted by atomic mass is 32.1. The Balaban J connectivity index is 1.41. The van der Waals surface area contributed by atoms with E-state index in [2.05, 4.69) is 5.32 Å². The van der Waals surface area contributed by atoms with Gasteiger partial charge in [0.25, 0.3) is 0 Å². The molecule has 23 heavy (non-hydrogen) atoms. The molecule has 2 heterocycles. The molecule has 1 aliphatic rings. The van der Waals surface area contributed by atoms with Crippen molar-refractivity contribution in [3.05, 3.63) is 46.7 Å². The number of thiophene rings is 1. The predicted molar refractivity (Wildman–Crippen MR) is 87.2 cm³/mol. The van der Waals surface area contributed by atoms with E-state index in [1.54, 1.807) is 6.07 Å². The number of hydrogen-bond acceptors (Lipinski definition) is 5. The van der Waals surface area contributed by atoms with Gasteiger partial charge in [0.05, 0.1) is 11.4 Å². The molecular formula is C17H17NO4S. The molecule has 0 bridgehead atoms. The molecule has 1 N–H and O–H groups in total. The summed E-state index contributed by atoms with van der Waals surface area (Å²) in [6.07, 6.45) is 0.180. The van der Waals surface area contributed by atoms with Crippen LogP contribution in [0.25, 0.3) is 0 Å². The quantitative estimate of drug-likeness (QED) is 0.827. The Morgan fingerprint density at radius 3 is 2.74 bits per heavy atom. The molecule has 0 saturated heterocycles. The normalized spacial score (nSPS) is 15.9. The van der Waals surface area contributed by atoms with Crippen LogP contribution in [0.15, 0.2) is 41.8 Å². The monoisotopic (exact) mass is 331 g/mol. The van der Waals surface area contributed by atoms with Gasteiger partial charge in [-0.25, -0.2) is 0 Å². The molecule has 0 saturated carbocycles. The lowest BCUT2D eigenvalue weighted by Gasteiger charge is -2.26. The predicted octanol–water partition coefficient (Wildman–Crippen LogP) is 2.67. The standard InChI is InChI=1S/C17H17NO4S/c19-13(16-6-3-9-23-16)7-8-17(20)18-10-12-11-21-14-4-1-2-5-15(14)22-12/h1-6,9,12H,7-8,10-11H2,(H,18,20). The second-order valence-corrected chi connectivity index (χ2v) is 6.15. The van der Waals surface area contributed by atoms with E-state index in [4.69, 9.17) is 9.47 Å². The molecule has 0 fully saturated rings. The molecule has 2 aromatic rings. The zero-order valence-electron chi connectivity index (χ0n) is 12.5. The lowest BCUT2D eigenvalue weighted by Crippen LogP contribution is -2.40. The fourth-order valence-electron chi connectivity index (χ4n) is 2.27. The number of ketones is 1. The van der Waals surface area contributed by atoms with Crippen LogP contribution in [0.4, 0.5) is 0 Å². The minimum absolute atomic E-state index is 0.00123. The van der Waals surface area contributed by atoms with Crippen LogP contribution < -0.4 is 14.8 Å². The Kier molecular flexibility index (Phi) is 4.92. The number of carbonyl (C=O) groups is 2. The van der Waals surface area contributed by atoms with Crippen molar-refractivity contribution in [3.8, 4) is 11.5 Å². The van der Waals surface area contributed by atoms with Crippen molar-refractivity contribution < 1.29 is 19.1 Å². The second kappa shape index (κ2) is 7.28. The van der Waals surface area contributed by atoms with E-state index in [9.17, 15) is 9.59 Å². The fourth-order valence-corrected chi connectivity index (χ4v) is 2.96. The number of amides is 1. The zero-order chi connectivity index (χ0) is 16.1. The summed E-state index contributed by atoms with van der Waals surface area (Å²) in [7, 11) is 0. The largest absolute Gasteiger partial charge is 0.486 e. The Labute approximate surface area is 138 Å². The maximum absolute atomic E-state index is 11.8. The number of para-hydroxylation sites is 2. The van der Waals surface area contributed by atoms with Gasteiger partial charge >= 0.3 is 0 Å². The van der Waals surface area contributed by atoms with Crippen molar-refractivity contribution in [2.24, 2.45) is 0 Å². The number of ether oxygens (including phenoxy) is 2. The van der Waals surface area contributed by atoms with Gasteiger partial charge < -0.3 is 14.8 Å². The third-order valence-electron chi connectivity index (χ3n) is 3.47. The van der Waals surface area contributed by atoms with Crippen LogP contribution in [0.2, 0.25) is 0 Å². The van der Waals surface area contributed by atoms with Crippen LogP contribution in [0, 0.1) is 0 Å². The van der Waals surface area contributed by atoms with Gasteiger partial charge in [-0.3, -0.25) is 9.59 Å². The van der Waals surface area contributed by atoms with Crippen molar-refractivity contribution >= 4 is 23.0 Å². The molecule has 1 aromatic carbocycles. The molecule has 0 radical (unpaired) electrons. The third kappa shape index (κ3) is 4.10. The number of benzene rings is 1. The molecule has 6 heteroatoms. The van der Waals surface area contributed by atoms with Gasteiger partial charge in [-0.1, -0.05) is 18.2 Å². The van der Waals surface area contributed by atoms with Crippen LogP contribution in [0.5, 0.6) is 11.5 Å². The third-order valence-corrected chi connectivity index (χ3v) is 4.38. The van der Waals surface area contributed by atoms with Gasteiger partial charge in [0.1, 0.15) is 12.7 Å². The lowest BCUT2D eigenvalue weighted by molar-refractivity contribution is -0.121.